The molecule has 0 aromatic heterocycles. The standard InChI is InChI=1S/C12H21NO3/c1-9-8-16-12(7-14)6-13(9)10-2-4-11(15)5-3-10/h9-10,12,14H,2-8H2,1H3. The number of aliphatic hydroxyl groups is 1. The Kier molecular flexibility index (Phi) is 3.95. The third-order valence-electron chi connectivity index (χ3n) is 3.74. The minimum atomic E-state index is -0.0474. The van der Waals surface area contributed by atoms with Gasteiger partial charge in [0.05, 0.1) is 19.3 Å². The third kappa shape index (κ3) is 2.62. The Hall–Kier alpha value is -0.450. The summed E-state index contributed by atoms with van der Waals surface area (Å²) in [4.78, 5) is 13.6. The quantitative estimate of drug-likeness (QED) is 0.749. The van der Waals surface area contributed by atoms with E-state index in [1.165, 1.54) is 0 Å². The van der Waals surface area contributed by atoms with Crippen molar-refractivity contribution >= 4 is 5.78 Å². The van der Waals surface area contributed by atoms with Gasteiger partial charge in [-0.05, 0) is 19.8 Å². The van der Waals surface area contributed by atoms with Gasteiger partial charge in [-0.15, -0.1) is 0 Å². The minimum Gasteiger partial charge on any atom is -0.394 e. The average Bonchev–Trinajstić information content (AvgIpc) is 2.31. The fourth-order valence-electron chi connectivity index (χ4n) is 2.71. The Balaban J connectivity index is 1.93. The van der Waals surface area contributed by atoms with Gasteiger partial charge in [0, 0.05) is 31.5 Å². The highest BCUT2D eigenvalue weighted by molar-refractivity contribution is 5.79. The Labute approximate surface area is 96.6 Å². The average molecular weight is 227 g/mol. The number of hydrogen-bond acceptors (Lipinski definition) is 4. The zero-order valence-electron chi connectivity index (χ0n) is 9.89. The summed E-state index contributed by atoms with van der Waals surface area (Å²) in [5.41, 5.74) is 0. The number of nitrogens with zero attached hydrogens (tertiary/aromatic N) is 1. The Morgan fingerprint density at radius 2 is 2.12 bits per heavy atom. The number of rotatable bonds is 2. The van der Waals surface area contributed by atoms with E-state index in [1.54, 1.807) is 0 Å². The van der Waals surface area contributed by atoms with Crippen molar-refractivity contribution in [3.05, 3.63) is 0 Å². The number of Topliss-reactive ketones (excluding diaryl/α,β-unsaturated/α-hetero) is 1. The molecule has 0 aromatic rings. The lowest BCUT2D eigenvalue weighted by Crippen LogP contribution is -2.54. The van der Waals surface area contributed by atoms with E-state index in [-0.39, 0.29) is 12.7 Å². The first-order valence-electron chi connectivity index (χ1n) is 6.20. The van der Waals surface area contributed by atoms with Crippen LogP contribution in [0.2, 0.25) is 0 Å². The Morgan fingerprint density at radius 3 is 2.75 bits per heavy atom. The van der Waals surface area contributed by atoms with E-state index in [4.69, 9.17) is 9.84 Å². The molecule has 4 nitrogen and oxygen atoms in total. The first kappa shape index (κ1) is 12.0. The van der Waals surface area contributed by atoms with Gasteiger partial charge in [-0.3, -0.25) is 9.69 Å². The van der Waals surface area contributed by atoms with Crippen LogP contribution in [-0.4, -0.2) is 53.7 Å². The van der Waals surface area contributed by atoms with Crippen LogP contribution in [0.4, 0.5) is 0 Å². The van der Waals surface area contributed by atoms with Gasteiger partial charge in [0.1, 0.15) is 5.78 Å². The molecule has 1 aliphatic heterocycles. The first-order chi connectivity index (χ1) is 7.70. The number of morpholine rings is 1. The van der Waals surface area contributed by atoms with Crippen LogP contribution in [0.1, 0.15) is 32.6 Å². The maximum Gasteiger partial charge on any atom is 0.133 e. The summed E-state index contributed by atoms with van der Waals surface area (Å²) in [5, 5.41) is 9.13. The molecule has 0 radical (unpaired) electrons. The van der Waals surface area contributed by atoms with Crippen molar-refractivity contribution in [3.63, 3.8) is 0 Å². The molecule has 92 valence electrons. The van der Waals surface area contributed by atoms with Gasteiger partial charge < -0.3 is 9.84 Å². The van der Waals surface area contributed by atoms with Gasteiger partial charge in [-0.25, -0.2) is 0 Å². The fourth-order valence-corrected chi connectivity index (χ4v) is 2.71. The van der Waals surface area contributed by atoms with Crippen LogP contribution in [0, 0.1) is 0 Å². The molecule has 1 aliphatic carbocycles. The van der Waals surface area contributed by atoms with E-state index in [2.05, 4.69) is 11.8 Å². The lowest BCUT2D eigenvalue weighted by molar-refractivity contribution is -0.124. The molecule has 1 saturated heterocycles. The van der Waals surface area contributed by atoms with Crippen LogP contribution >= 0.6 is 0 Å². The third-order valence-corrected chi connectivity index (χ3v) is 3.74. The van der Waals surface area contributed by atoms with Crippen molar-refractivity contribution in [2.75, 3.05) is 19.8 Å². The summed E-state index contributed by atoms with van der Waals surface area (Å²) >= 11 is 0. The van der Waals surface area contributed by atoms with Crippen molar-refractivity contribution < 1.29 is 14.6 Å². The van der Waals surface area contributed by atoms with Gasteiger partial charge in [-0.2, -0.15) is 0 Å². The second-order valence-electron chi connectivity index (χ2n) is 4.95. The van der Waals surface area contributed by atoms with E-state index >= 15 is 0 Å². The van der Waals surface area contributed by atoms with E-state index in [1.807, 2.05) is 0 Å². The number of ether oxygens (including phenoxy) is 1. The summed E-state index contributed by atoms with van der Waals surface area (Å²) in [6.45, 7) is 3.74. The van der Waals surface area contributed by atoms with Crippen molar-refractivity contribution in [2.45, 2.75) is 50.8 Å². The van der Waals surface area contributed by atoms with Crippen molar-refractivity contribution in [1.29, 1.82) is 0 Å². The topological polar surface area (TPSA) is 49.8 Å². The van der Waals surface area contributed by atoms with Gasteiger partial charge >= 0.3 is 0 Å². The molecule has 0 aromatic carbocycles. The number of ketones is 1. The second kappa shape index (κ2) is 5.25. The Bertz CT molecular complexity index is 247. The molecule has 16 heavy (non-hydrogen) atoms. The lowest BCUT2D eigenvalue weighted by atomic mass is 9.91. The molecular weight excluding hydrogens is 206 g/mol. The molecule has 2 fully saturated rings. The molecular formula is C12H21NO3. The van der Waals surface area contributed by atoms with Crippen molar-refractivity contribution in [2.24, 2.45) is 0 Å². The highest BCUT2D eigenvalue weighted by Gasteiger charge is 2.32. The lowest BCUT2D eigenvalue weighted by Gasteiger charge is -2.43. The van der Waals surface area contributed by atoms with Crippen LogP contribution in [-0.2, 0) is 9.53 Å². The smallest absolute Gasteiger partial charge is 0.133 e. The van der Waals surface area contributed by atoms with Crippen molar-refractivity contribution in [3.8, 4) is 0 Å². The van der Waals surface area contributed by atoms with E-state index in [0.717, 1.165) is 32.2 Å². The molecule has 0 bridgehead atoms. The molecule has 2 aliphatic rings. The van der Waals surface area contributed by atoms with Crippen LogP contribution in [0.3, 0.4) is 0 Å². The SMILES string of the molecule is CC1COC(CO)CN1C1CCC(=O)CC1. The summed E-state index contributed by atoms with van der Waals surface area (Å²) in [5.74, 6) is 0.399. The summed E-state index contributed by atoms with van der Waals surface area (Å²) in [7, 11) is 0. The molecule has 1 saturated carbocycles. The highest BCUT2D eigenvalue weighted by atomic mass is 16.5. The predicted octanol–water partition coefficient (Wildman–Crippen LogP) is 0.580. The van der Waals surface area contributed by atoms with E-state index < -0.39 is 0 Å². The normalized spacial score (nSPS) is 34.2. The summed E-state index contributed by atoms with van der Waals surface area (Å²) in [6, 6.07) is 0.909. The molecule has 0 spiro atoms. The molecule has 2 rings (SSSR count). The summed E-state index contributed by atoms with van der Waals surface area (Å²) in [6.07, 6.45) is 3.34. The zero-order valence-corrected chi connectivity index (χ0v) is 9.89. The van der Waals surface area contributed by atoms with Crippen LogP contribution in [0.5, 0.6) is 0 Å². The minimum absolute atomic E-state index is 0.0474. The van der Waals surface area contributed by atoms with Crippen LogP contribution < -0.4 is 0 Å². The van der Waals surface area contributed by atoms with Crippen molar-refractivity contribution in [1.82, 2.24) is 4.90 Å². The van der Waals surface area contributed by atoms with E-state index in [9.17, 15) is 4.79 Å². The molecule has 1 N–H and O–H groups in total. The summed E-state index contributed by atoms with van der Waals surface area (Å²) < 4.78 is 5.52. The second-order valence-corrected chi connectivity index (χ2v) is 4.95. The molecule has 4 heteroatoms. The van der Waals surface area contributed by atoms with Crippen LogP contribution in [0.15, 0.2) is 0 Å². The van der Waals surface area contributed by atoms with E-state index in [0.29, 0.717) is 24.5 Å². The van der Waals surface area contributed by atoms with Gasteiger partial charge in [0.15, 0.2) is 0 Å². The maximum absolute atomic E-state index is 11.2. The zero-order chi connectivity index (χ0) is 11.5. The molecule has 1 heterocycles. The maximum atomic E-state index is 11.2. The fraction of sp³-hybridized carbons (Fsp3) is 0.917. The highest BCUT2D eigenvalue weighted by Crippen LogP contribution is 2.25. The number of carbonyl (C=O) groups is 1. The Morgan fingerprint density at radius 1 is 1.44 bits per heavy atom. The molecule has 0 amide bonds. The molecule has 2 unspecified atom stereocenters. The number of aliphatic hydroxyl groups excluding tert-OH is 1. The predicted molar refractivity (Wildman–Crippen MR) is 60.3 cm³/mol. The van der Waals surface area contributed by atoms with Gasteiger partial charge in [-0.1, -0.05) is 0 Å². The molecule has 2 atom stereocenters. The number of hydrogen-bond donors (Lipinski definition) is 1. The monoisotopic (exact) mass is 227 g/mol. The first-order valence-corrected chi connectivity index (χ1v) is 6.20. The van der Waals surface area contributed by atoms with Gasteiger partial charge in [0.25, 0.3) is 0 Å². The number of carbonyl (C=O) groups excluding carboxylic acids is 1. The van der Waals surface area contributed by atoms with Gasteiger partial charge in [0.2, 0.25) is 0 Å². The van der Waals surface area contributed by atoms with Crippen LogP contribution in [0.25, 0.3) is 0 Å². The largest absolute Gasteiger partial charge is 0.394 e.